The number of hydrogen-bond donors (Lipinski definition) is 0. The molecule has 84 valence electrons. The molecule has 0 unspecified atom stereocenters. The van der Waals surface area contributed by atoms with Gasteiger partial charge in [0.05, 0.1) is 24.7 Å². The summed E-state index contributed by atoms with van der Waals surface area (Å²) in [7, 11) is 1.54. The number of nitriles is 1. The third kappa shape index (κ3) is 3.71. The van der Waals surface area contributed by atoms with Gasteiger partial charge in [-0.2, -0.15) is 5.26 Å². The molecule has 0 aliphatic heterocycles. The molecule has 16 heavy (non-hydrogen) atoms. The minimum absolute atomic E-state index is 0.234. The fraction of sp³-hybridized carbons (Fsp3) is 0.333. The fourth-order valence-electron chi connectivity index (χ4n) is 1.20. The molecule has 0 spiro atoms. The van der Waals surface area contributed by atoms with E-state index in [4.69, 9.17) is 14.7 Å². The summed E-state index contributed by atoms with van der Waals surface area (Å²) in [6, 6.07) is 8.89. The molecule has 0 radical (unpaired) electrons. The number of nitrogens with zero attached hydrogens (tertiary/aromatic N) is 1. The number of hydrogen-bond acceptors (Lipinski definition) is 4. The Morgan fingerprint density at radius 1 is 1.44 bits per heavy atom. The van der Waals surface area contributed by atoms with Gasteiger partial charge in [0.25, 0.3) is 0 Å². The van der Waals surface area contributed by atoms with Gasteiger partial charge in [0.15, 0.2) is 0 Å². The van der Waals surface area contributed by atoms with Crippen LogP contribution in [0.25, 0.3) is 0 Å². The normalized spacial score (nSPS) is 9.50. The van der Waals surface area contributed by atoms with Crippen LogP contribution in [0.4, 0.5) is 0 Å². The number of carbonyl (C=O) groups excluding carboxylic acids is 1. The number of methoxy groups -OCH3 is 1. The van der Waals surface area contributed by atoms with Crippen molar-refractivity contribution >= 4 is 5.97 Å². The number of rotatable bonds is 5. The molecule has 0 aliphatic rings. The lowest BCUT2D eigenvalue weighted by molar-refractivity contribution is 0.0388. The summed E-state index contributed by atoms with van der Waals surface area (Å²) in [5.41, 5.74) is 1.27. The Morgan fingerprint density at radius 2 is 2.25 bits per heavy atom. The molecule has 0 N–H and O–H groups in total. The van der Waals surface area contributed by atoms with Crippen molar-refractivity contribution in [3.05, 3.63) is 35.4 Å². The van der Waals surface area contributed by atoms with Crippen molar-refractivity contribution in [2.75, 3.05) is 20.3 Å². The van der Waals surface area contributed by atoms with Crippen molar-refractivity contribution in [1.29, 1.82) is 5.26 Å². The molecule has 4 heteroatoms. The maximum absolute atomic E-state index is 11.5. The van der Waals surface area contributed by atoms with Crippen molar-refractivity contribution in [1.82, 2.24) is 0 Å². The highest BCUT2D eigenvalue weighted by Gasteiger charge is 2.07. The Labute approximate surface area is 94.4 Å². The molecule has 0 aliphatic carbocycles. The zero-order chi connectivity index (χ0) is 11.8. The molecule has 0 atom stereocenters. The lowest BCUT2D eigenvalue weighted by atomic mass is 10.1. The van der Waals surface area contributed by atoms with Crippen LogP contribution in [-0.4, -0.2) is 26.3 Å². The van der Waals surface area contributed by atoms with Gasteiger partial charge in [-0.25, -0.2) is 4.79 Å². The van der Waals surface area contributed by atoms with Crippen molar-refractivity contribution in [3.8, 4) is 6.07 Å². The van der Waals surface area contributed by atoms with Gasteiger partial charge in [-0.3, -0.25) is 0 Å². The molecule has 0 aromatic heterocycles. The molecule has 0 saturated heterocycles. The quantitative estimate of drug-likeness (QED) is 0.557. The maximum Gasteiger partial charge on any atom is 0.338 e. The molecule has 1 aromatic carbocycles. The van der Waals surface area contributed by atoms with Crippen molar-refractivity contribution in [3.63, 3.8) is 0 Å². The van der Waals surface area contributed by atoms with E-state index in [0.717, 1.165) is 5.56 Å². The van der Waals surface area contributed by atoms with Crippen LogP contribution < -0.4 is 0 Å². The van der Waals surface area contributed by atoms with Crippen molar-refractivity contribution in [2.45, 2.75) is 6.42 Å². The van der Waals surface area contributed by atoms with E-state index in [9.17, 15) is 4.79 Å². The highest BCUT2D eigenvalue weighted by atomic mass is 16.6. The second kappa shape index (κ2) is 6.59. The van der Waals surface area contributed by atoms with Gasteiger partial charge in [-0.1, -0.05) is 12.1 Å². The van der Waals surface area contributed by atoms with E-state index in [1.807, 2.05) is 6.07 Å². The first-order chi connectivity index (χ1) is 7.77. The van der Waals surface area contributed by atoms with E-state index in [1.165, 1.54) is 0 Å². The van der Waals surface area contributed by atoms with Crippen LogP contribution in [-0.2, 0) is 15.9 Å². The lowest BCUT2D eigenvalue weighted by Gasteiger charge is -2.04. The minimum Gasteiger partial charge on any atom is -0.460 e. The van der Waals surface area contributed by atoms with Gasteiger partial charge >= 0.3 is 5.97 Å². The Balaban J connectivity index is 2.61. The highest BCUT2D eigenvalue weighted by molar-refractivity contribution is 5.89. The van der Waals surface area contributed by atoms with Crippen LogP contribution in [0.2, 0.25) is 0 Å². The molecule has 4 nitrogen and oxygen atoms in total. The first kappa shape index (κ1) is 12.2. The zero-order valence-corrected chi connectivity index (χ0v) is 9.10. The van der Waals surface area contributed by atoms with Crippen molar-refractivity contribution in [2.24, 2.45) is 0 Å². The zero-order valence-electron chi connectivity index (χ0n) is 9.10. The fourth-order valence-corrected chi connectivity index (χ4v) is 1.20. The predicted molar refractivity (Wildman–Crippen MR) is 57.9 cm³/mol. The first-order valence-corrected chi connectivity index (χ1v) is 4.90. The Hall–Kier alpha value is -1.86. The van der Waals surface area contributed by atoms with E-state index in [-0.39, 0.29) is 6.61 Å². The average Bonchev–Trinajstić information content (AvgIpc) is 2.30. The maximum atomic E-state index is 11.5. The van der Waals surface area contributed by atoms with Gasteiger partial charge in [-0.15, -0.1) is 0 Å². The van der Waals surface area contributed by atoms with Gasteiger partial charge in [-0.05, 0) is 17.7 Å². The van der Waals surface area contributed by atoms with E-state index in [2.05, 4.69) is 0 Å². The number of benzene rings is 1. The van der Waals surface area contributed by atoms with E-state index >= 15 is 0 Å². The van der Waals surface area contributed by atoms with Gasteiger partial charge in [0.1, 0.15) is 6.61 Å². The van der Waals surface area contributed by atoms with E-state index in [1.54, 1.807) is 31.4 Å². The molecule has 1 aromatic rings. The van der Waals surface area contributed by atoms with E-state index < -0.39 is 5.97 Å². The van der Waals surface area contributed by atoms with Gasteiger partial charge < -0.3 is 9.47 Å². The molecule has 0 saturated carbocycles. The standard InChI is InChI=1S/C12H13NO3/c1-15-7-8-16-12(14)11-4-2-3-10(9-11)5-6-13/h2-4,9H,5,7-8H2,1H3. The Bertz CT molecular complexity index is 395. The molecule has 1 rings (SSSR count). The van der Waals surface area contributed by atoms with Crippen LogP contribution in [0.3, 0.4) is 0 Å². The Kier molecular flexibility index (Phi) is 5.03. The summed E-state index contributed by atoms with van der Waals surface area (Å²) in [5.74, 6) is -0.392. The second-order valence-corrected chi connectivity index (χ2v) is 3.16. The van der Waals surface area contributed by atoms with Crippen molar-refractivity contribution < 1.29 is 14.3 Å². The summed E-state index contributed by atoms with van der Waals surface area (Å²) in [6.07, 6.45) is 0.291. The number of esters is 1. The molecule has 0 fully saturated rings. The topological polar surface area (TPSA) is 59.3 Å². The van der Waals surface area contributed by atoms with Crippen LogP contribution in [0, 0.1) is 11.3 Å². The number of ether oxygens (including phenoxy) is 2. The molecular formula is C12H13NO3. The van der Waals surface area contributed by atoms with E-state index in [0.29, 0.717) is 18.6 Å². The summed E-state index contributed by atoms with van der Waals surface area (Å²) < 4.78 is 9.72. The van der Waals surface area contributed by atoms with Crippen LogP contribution in [0.15, 0.2) is 24.3 Å². The minimum atomic E-state index is -0.392. The average molecular weight is 219 g/mol. The van der Waals surface area contributed by atoms with Crippen LogP contribution in [0.1, 0.15) is 15.9 Å². The molecular weight excluding hydrogens is 206 g/mol. The second-order valence-electron chi connectivity index (χ2n) is 3.16. The Morgan fingerprint density at radius 3 is 2.94 bits per heavy atom. The highest BCUT2D eigenvalue weighted by Crippen LogP contribution is 2.07. The molecule has 0 bridgehead atoms. The van der Waals surface area contributed by atoms with Gasteiger partial charge in [0.2, 0.25) is 0 Å². The largest absolute Gasteiger partial charge is 0.460 e. The molecule has 0 heterocycles. The summed E-state index contributed by atoms with van der Waals surface area (Å²) >= 11 is 0. The number of carbonyl (C=O) groups is 1. The van der Waals surface area contributed by atoms with Crippen LogP contribution >= 0.6 is 0 Å². The SMILES string of the molecule is COCCOC(=O)c1cccc(CC#N)c1. The smallest absolute Gasteiger partial charge is 0.338 e. The monoisotopic (exact) mass is 219 g/mol. The third-order valence-corrected chi connectivity index (χ3v) is 1.97. The predicted octanol–water partition coefficient (Wildman–Crippen LogP) is 1.56. The third-order valence-electron chi connectivity index (χ3n) is 1.97. The summed E-state index contributed by atoms with van der Waals surface area (Å²) in [4.78, 5) is 11.5. The lowest BCUT2D eigenvalue weighted by Crippen LogP contribution is -2.10. The summed E-state index contributed by atoms with van der Waals surface area (Å²) in [6.45, 7) is 0.613. The molecule has 0 amide bonds. The first-order valence-electron chi connectivity index (χ1n) is 4.90. The van der Waals surface area contributed by atoms with Gasteiger partial charge in [0, 0.05) is 7.11 Å². The summed E-state index contributed by atoms with van der Waals surface area (Å²) in [5, 5.41) is 8.54. The van der Waals surface area contributed by atoms with Crippen LogP contribution in [0.5, 0.6) is 0 Å².